The van der Waals surface area contributed by atoms with Gasteiger partial charge in [-0.15, -0.1) is 0 Å². The first kappa shape index (κ1) is 9.22. The summed E-state index contributed by atoms with van der Waals surface area (Å²) in [6, 6.07) is 5.71. The number of pyridine rings is 1. The van der Waals surface area contributed by atoms with Gasteiger partial charge in [0.05, 0.1) is 0 Å². The molecular formula is C8H14N2OSi. The van der Waals surface area contributed by atoms with Gasteiger partial charge < -0.3 is 9.78 Å². The Morgan fingerprint density at radius 2 is 2.08 bits per heavy atom. The van der Waals surface area contributed by atoms with Gasteiger partial charge in [0.15, 0.2) is 0 Å². The van der Waals surface area contributed by atoms with Crippen LogP contribution >= 0.6 is 0 Å². The molecule has 0 amide bonds. The standard InChI is InChI=1S/C8H14N2OSi/c1-7-5-4-6-8(9-7)10-12(2,3)11/h4-6,11H,1-3H3,(H,9,10). The van der Waals surface area contributed by atoms with Crippen molar-refractivity contribution in [1.82, 2.24) is 4.98 Å². The Labute approximate surface area is 73.7 Å². The molecule has 1 aromatic heterocycles. The lowest BCUT2D eigenvalue weighted by Crippen LogP contribution is -2.36. The molecule has 3 nitrogen and oxygen atoms in total. The van der Waals surface area contributed by atoms with Crippen molar-refractivity contribution in [3.63, 3.8) is 0 Å². The third kappa shape index (κ3) is 3.02. The van der Waals surface area contributed by atoms with Crippen molar-refractivity contribution in [1.29, 1.82) is 0 Å². The normalized spacial score (nSPS) is 11.3. The highest BCUT2D eigenvalue weighted by atomic mass is 28.4. The molecule has 0 aliphatic rings. The fourth-order valence-corrected chi connectivity index (χ4v) is 1.69. The second-order valence-electron chi connectivity index (χ2n) is 3.35. The van der Waals surface area contributed by atoms with E-state index in [1.807, 2.05) is 38.2 Å². The topological polar surface area (TPSA) is 45.1 Å². The Hall–Kier alpha value is -0.873. The van der Waals surface area contributed by atoms with Crippen LogP contribution in [0.2, 0.25) is 13.1 Å². The minimum atomic E-state index is -2.23. The van der Waals surface area contributed by atoms with Crippen molar-refractivity contribution in [2.45, 2.75) is 20.0 Å². The highest BCUT2D eigenvalue weighted by Gasteiger charge is 2.17. The number of nitrogens with one attached hydrogen (secondary N) is 1. The van der Waals surface area contributed by atoms with Gasteiger partial charge >= 0.3 is 0 Å². The number of hydrogen-bond donors (Lipinski definition) is 2. The molecule has 0 spiro atoms. The van der Waals surface area contributed by atoms with Crippen LogP contribution in [0.1, 0.15) is 5.69 Å². The molecular weight excluding hydrogens is 168 g/mol. The van der Waals surface area contributed by atoms with Crippen LogP contribution in [0.3, 0.4) is 0 Å². The summed E-state index contributed by atoms with van der Waals surface area (Å²) in [4.78, 5) is 16.8. The van der Waals surface area contributed by atoms with E-state index in [2.05, 4.69) is 9.97 Å². The summed E-state index contributed by atoms with van der Waals surface area (Å²) in [5.41, 5.74) is 0.957. The molecule has 0 bridgehead atoms. The van der Waals surface area contributed by atoms with Crippen LogP contribution in [-0.4, -0.2) is 18.3 Å². The lowest BCUT2D eigenvalue weighted by molar-refractivity contribution is 0.560. The lowest BCUT2D eigenvalue weighted by Gasteiger charge is -2.16. The fraction of sp³-hybridized carbons (Fsp3) is 0.375. The van der Waals surface area contributed by atoms with Crippen molar-refractivity contribution in [2.75, 3.05) is 4.98 Å². The summed E-state index contributed by atoms with van der Waals surface area (Å²) in [5.74, 6) is 0.758. The molecule has 0 saturated heterocycles. The van der Waals surface area contributed by atoms with Gasteiger partial charge in [-0.25, -0.2) is 4.98 Å². The van der Waals surface area contributed by atoms with E-state index in [0.29, 0.717) is 0 Å². The van der Waals surface area contributed by atoms with Crippen LogP contribution in [0.5, 0.6) is 0 Å². The van der Waals surface area contributed by atoms with Crippen LogP contribution in [0.25, 0.3) is 0 Å². The number of aryl methyl sites for hydroxylation is 1. The van der Waals surface area contributed by atoms with Crippen LogP contribution in [-0.2, 0) is 0 Å². The maximum atomic E-state index is 9.55. The first-order chi connectivity index (χ1) is 5.47. The van der Waals surface area contributed by atoms with Crippen molar-refractivity contribution in [3.8, 4) is 0 Å². The maximum Gasteiger partial charge on any atom is 0.290 e. The summed E-state index contributed by atoms with van der Waals surface area (Å²) < 4.78 is 0. The molecule has 4 heteroatoms. The van der Waals surface area contributed by atoms with Gasteiger partial charge in [-0.1, -0.05) is 6.07 Å². The SMILES string of the molecule is Cc1cccc(N[Si](C)(C)O)n1. The highest BCUT2D eigenvalue weighted by Crippen LogP contribution is 2.07. The predicted molar refractivity (Wildman–Crippen MR) is 52.3 cm³/mol. The van der Waals surface area contributed by atoms with Gasteiger partial charge in [0.1, 0.15) is 5.82 Å². The number of nitrogens with zero attached hydrogens (tertiary/aromatic N) is 1. The van der Waals surface area contributed by atoms with Gasteiger partial charge in [0.25, 0.3) is 8.48 Å². The average Bonchev–Trinajstić information content (AvgIpc) is 1.82. The molecule has 1 heterocycles. The van der Waals surface area contributed by atoms with Gasteiger partial charge in [0, 0.05) is 5.69 Å². The quantitative estimate of drug-likeness (QED) is 0.681. The van der Waals surface area contributed by atoms with E-state index < -0.39 is 8.48 Å². The Bertz CT molecular complexity index is 270. The minimum Gasteiger partial charge on any atom is -0.415 e. The number of aromatic nitrogens is 1. The Morgan fingerprint density at radius 1 is 1.42 bits per heavy atom. The number of anilines is 1. The molecule has 2 N–H and O–H groups in total. The largest absolute Gasteiger partial charge is 0.415 e. The third-order valence-electron chi connectivity index (χ3n) is 1.32. The van der Waals surface area contributed by atoms with Crippen molar-refractivity contribution in [2.24, 2.45) is 0 Å². The van der Waals surface area contributed by atoms with Crippen molar-refractivity contribution in [3.05, 3.63) is 23.9 Å². The predicted octanol–water partition coefficient (Wildman–Crippen LogP) is 1.50. The minimum absolute atomic E-state index is 0.758. The fourth-order valence-electron chi connectivity index (χ4n) is 0.926. The van der Waals surface area contributed by atoms with Gasteiger partial charge in [0.2, 0.25) is 0 Å². The van der Waals surface area contributed by atoms with E-state index in [9.17, 15) is 4.80 Å². The molecule has 0 aliphatic heterocycles. The van der Waals surface area contributed by atoms with Gasteiger partial charge in [-0.3, -0.25) is 0 Å². The van der Waals surface area contributed by atoms with Crippen LogP contribution in [0.4, 0.5) is 5.82 Å². The smallest absolute Gasteiger partial charge is 0.290 e. The zero-order chi connectivity index (χ0) is 9.19. The molecule has 0 unspecified atom stereocenters. The molecule has 0 aromatic carbocycles. The highest BCUT2D eigenvalue weighted by molar-refractivity contribution is 6.73. The molecule has 12 heavy (non-hydrogen) atoms. The molecule has 1 aromatic rings. The first-order valence-electron chi connectivity index (χ1n) is 3.91. The van der Waals surface area contributed by atoms with E-state index >= 15 is 0 Å². The van der Waals surface area contributed by atoms with E-state index in [-0.39, 0.29) is 0 Å². The Morgan fingerprint density at radius 3 is 2.58 bits per heavy atom. The summed E-state index contributed by atoms with van der Waals surface area (Å²) >= 11 is 0. The second-order valence-corrected chi connectivity index (χ2v) is 6.72. The van der Waals surface area contributed by atoms with Crippen LogP contribution < -0.4 is 4.98 Å². The van der Waals surface area contributed by atoms with E-state index in [4.69, 9.17) is 0 Å². The summed E-state index contributed by atoms with van der Waals surface area (Å²) in [6.07, 6.45) is 0. The molecule has 66 valence electrons. The second kappa shape index (κ2) is 3.24. The Kier molecular flexibility index (Phi) is 2.49. The lowest BCUT2D eigenvalue weighted by atomic mass is 10.4. The molecule has 1 rings (SSSR count). The van der Waals surface area contributed by atoms with E-state index in [0.717, 1.165) is 11.5 Å². The molecule has 0 aliphatic carbocycles. The van der Waals surface area contributed by atoms with E-state index in [1.54, 1.807) is 0 Å². The van der Waals surface area contributed by atoms with Gasteiger partial charge in [-0.05, 0) is 32.2 Å². The van der Waals surface area contributed by atoms with Crippen molar-refractivity contribution < 1.29 is 4.80 Å². The van der Waals surface area contributed by atoms with Crippen molar-refractivity contribution >= 4 is 14.3 Å². The monoisotopic (exact) mass is 182 g/mol. The molecule has 0 fully saturated rings. The first-order valence-corrected chi connectivity index (χ1v) is 6.86. The summed E-state index contributed by atoms with van der Waals surface area (Å²) in [6.45, 7) is 5.56. The number of rotatable bonds is 2. The average molecular weight is 182 g/mol. The zero-order valence-electron chi connectivity index (χ0n) is 7.63. The van der Waals surface area contributed by atoms with Crippen LogP contribution in [0.15, 0.2) is 18.2 Å². The van der Waals surface area contributed by atoms with Crippen LogP contribution in [0, 0.1) is 6.92 Å². The summed E-state index contributed by atoms with van der Waals surface area (Å²) in [7, 11) is -2.23. The molecule has 0 radical (unpaired) electrons. The van der Waals surface area contributed by atoms with E-state index in [1.165, 1.54) is 0 Å². The van der Waals surface area contributed by atoms with Gasteiger partial charge in [-0.2, -0.15) is 0 Å². The third-order valence-corrected chi connectivity index (χ3v) is 2.19. The summed E-state index contributed by atoms with van der Waals surface area (Å²) in [5, 5.41) is 0. The molecule has 0 saturated carbocycles. The molecule has 0 atom stereocenters. The maximum absolute atomic E-state index is 9.55. The Balaban J connectivity index is 2.77. The zero-order valence-corrected chi connectivity index (χ0v) is 8.63. The number of hydrogen-bond acceptors (Lipinski definition) is 3.